The summed E-state index contributed by atoms with van der Waals surface area (Å²) in [6.45, 7) is 5.40. The SMILES string of the molecule is CC1(C)COCCN1c1ccc(F)c(N)c1C(=O)O. The molecule has 0 aliphatic carbocycles. The molecular formula is C13H17FN2O3. The number of morpholine rings is 1. The summed E-state index contributed by atoms with van der Waals surface area (Å²) in [4.78, 5) is 13.2. The Hall–Kier alpha value is -1.82. The first-order valence-corrected chi connectivity index (χ1v) is 6.01. The number of carboxylic acid groups (broad SMARTS) is 1. The second-order valence-corrected chi connectivity index (χ2v) is 5.18. The van der Waals surface area contributed by atoms with Crippen molar-refractivity contribution in [2.24, 2.45) is 0 Å². The lowest BCUT2D eigenvalue weighted by atomic mass is 9.99. The van der Waals surface area contributed by atoms with E-state index in [0.717, 1.165) is 0 Å². The van der Waals surface area contributed by atoms with E-state index in [1.54, 1.807) is 0 Å². The van der Waals surface area contributed by atoms with Crippen molar-refractivity contribution in [3.8, 4) is 0 Å². The van der Waals surface area contributed by atoms with E-state index in [0.29, 0.717) is 25.4 Å². The first-order chi connectivity index (χ1) is 8.84. The second-order valence-electron chi connectivity index (χ2n) is 5.18. The number of nitrogens with two attached hydrogens (primary N) is 1. The number of aromatic carboxylic acids is 1. The highest BCUT2D eigenvalue weighted by molar-refractivity contribution is 6.00. The van der Waals surface area contributed by atoms with Crippen molar-refractivity contribution in [3.05, 3.63) is 23.5 Å². The minimum atomic E-state index is -1.23. The Bertz CT molecular complexity index is 517. The number of hydrogen-bond acceptors (Lipinski definition) is 4. The molecule has 0 spiro atoms. The zero-order valence-electron chi connectivity index (χ0n) is 10.9. The molecule has 6 heteroatoms. The van der Waals surface area contributed by atoms with E-state index in [2.05, 4.69) is 0 Å². The summed E-state index contributed by atoms with van der Waals surface area (Å²) in [5.41, 5.74) is 5.12. The Kier molecular flexibility index (Phi) is 3.36. The van der Waals surface area contributed by atoms with E-state index < -0.39 is 11.8 Å². The van der Waals surface area contributed by atoms with E-state index in [-0.39, 0.29) is 16.8 Å². The van der Waals surface area contributed by atoms with Gasteiger partial charge in [0.2, 0.25) is 0 Å². The van der Waals surface area contributed by atoms with Gasteiger partial charge in [-0.05, 0) is 26.0 Å². The molecule has 1 aliphatic heterocycles. The molecule has 0 saturated carbocycles. The van der Waals surface area contributed by atoms with E-state index >= 15 is 0 Å². The van der Waals surface area contributed by atoms with Gasteiger partial charge in [0.15, 0.2) is 0 Å². The molecule has 0 atom stereocenters. The molecule has 0 amide bonds. The molecule has 1 aromatic carbocycles. The summed E-state index contributed by atoms with van der Waals surface area (Å²) in [6.07, 6.45) is 0. The van der Waals surface area contributed by atoms with Crippen LogP contribution in [0.5, 0.6) is 0 Å². The largest absolute Gasteiger partial charge is 0.478 e. The van der Waals surface area contributed by atoms with Crippen LogP contribution >= 0.6 is 0 Å². The molecule has 1 fully saturated rings. The minimum absolute atomic E-state index is 0.185. The summed E-state index contributed by atoms with van der Waals surface area (Å²) in [7, 11) is 0. The summed E-state index contributed by atoms with van der Waals surface area (Å²) >= 11 is 0. The van der Waals surface area contributed by atoms with Gasteiger partial charge in [0.25, 0.3) is 0 Å². The van der Waals surface area contributed by atoms with Crippen LogP contribution in [0.15, 0.2) is 12.1 Å². The summed E-state index contributed by atoms with van der Waals surface area (Å²) < 4.78 is 18.8. The van der Waals surface area contributed by atoms with Crippen LogP contribution in [0.1, 0.15) is 24.2 Å². The number of nitrogen functional groups attached to an aromatic ring is 1. The Morgan fingerprint density at radius 2 is 2.21 bits per heavy atom. The van der Waals surface area contributed by atoms with E-state index in [4.69, 9.17) is 10.5 Å². The standard InChI is InChI=1S/C13H17FN2O3/c1-13(2)7-19-6-5-16(13)9-4-3-8(14)11(15)10(9)12(17)18/h3-4H,5-7,15H2,1-2H3,(H,17,18). The second kappa shape index (κ2) is 4.70. The van der Waals surface area contributed by atoms with Gasteiger partial charge in [-0.1, -0.05) is 0 Å². The number of hydrogen-bond donors (Lipinski definition) is 2. The third-order valence-electron chi connectivity index (χ3n) is 3.32. The van der Waals surface area contributed by atoms with Gasteiger partial charge in [-0.3, -0.25) is 0 Å². The lowest BCUT2D eigenvalue weighted by molar-refractivity contribution is 0.0630. The van der Waals surface area contributed by atoms with Gasteiger partial charge in [-0.15, -0.1) is 0 Å². The molecular weight excluding hydrogens is 251 g/mol. The van der Waals surface area contributed by atoms with Gasteiger partial charge in [-0.2, -0.15) is 0 Å². The van der Waals surface area contributed by atoms with Crippen LogP contribution in [0.4, 0.5) is 15.8 Å². The highest BCUT2D eigenvalue weighted by Gasteiger charge is 2.34. The normalized spacial score (nSPS) is 18.4. The predicted molar refractivity (Wildman–Crippen MR) is 70.0 cm³/mol. The number of nitrogens with zero attached hydrogens (tertiary/aromatic N) is 1. The van der Waals surface area contributed by atoms with E-state index in [9.17, 15) is 14.3 Å². The smallest absolute Gasteiger partial charge is 0.340 e. The average Bonchev–Trinajstić information content (AvgIpc) is 2.32. The lowest BCUT2D eigenvalue weighted by Gasteiger charge is -2.44. The molecule has 19 heavy (non-hydrogen) atoms. The number of ether oxygens (including phenoxy) is 1. The Morgan fingerprint density at radius 1 is 1.53 bits per heavy atom. The van der Waals surface area contributed by atoms with Gasteiger partial charge in [-0.25, -0.2) is 9.18 Å². The maximum absolute atomic E-state index is 13.4. The van der Waals surface area contributed by atoms with Crippen LogP contribution in [-0.2, 0) is 4.74 Å². The molecule has 1 aromatic rings. The number of carbonyl (C=O) groups is 1. The van der Waals surface area contributed by atoms with Gasteiger partial charge in [0, 0.05) is 6.54 Å². The fourth-order valence-corrected chi connectivity index (χ4v) is 2.34. The predicted octanol–water partition coefficient (Wildman–Crippen LogP) is 1.72. The maximum atomic E-state index is 13.4. The van der Waals surface area contributed by atoms with Crippen molar-refractivity contribution in [2.45, 2.75) is 19.4 Å². The fraction of sp³-hybridized carbons (Fsp3) is 0.462. The van der Waals surface area contributed by atoms with E-state index in [1.165, 1.54) is 12.1 Å². The van der Waals surface area contributed by atoms with Crippen molar-refractivity contribution in [2.75, 3.05) is 30.4 Å². The quantitative estimate of drug-likeness (QED) is 0.799. The molecule has 5 nitrogen and oxygen atoms in total. The van der Waals surface area contributed by atoms with Crippen molar-refractivity contribution >= 4 is 17.3 Å². The highest BCUT2D eigenvalue weighted by Crippen LogP contribution is 2.33. The minimum Gasteiger partial charge on any atom is -0.478 e. The summed E-state index contributed by atoms with van der Waals surface area (Å²) in [5.74, 6) is -1.94. The van der Waals surface area contributed by atoms with Crippen molar-refractivity contribution in [3.63, 3.8) is 0 Å². The van der Waals surface area contributed by atoms with E-state index in [1.807, 2.05) is 18.7 Å². The zero-order valence-corrected chi connectivity index (χ0v) is 10.9. The van der Waals surface area contributed by atoms with Gasteiger partial charge >= 0.3 is 5.97 Å². The maximum Gasteiger partial charge on any atom is 0.340 e. The molecule has 2 rings (SSSR count). The summed E-state index contributed by atoms with van der Waals surface area (Å²) in [5, 5.41) is 9.27. The van der Waals surface area contributed by atoms with Gasteiger partial charge in [0.1, 0.15) is 11.4 Å². The number of benzene rings is 1. The molecule has 1 aliphatic rings. The first kappa shape index (κ1) is 13.6. The molecule has 3 N–H and O–H groups in total. The van der Waals surface area contributed by atoms with Crippen LogP contribution < -0.4 is 10.6 Å². The van der Waals surface area contributed by atoms with Crippen LogP contribution in [-0.4, -0.2) is 36.4 Å². The lowest BCUT2D eigenvalue weighted by Crippen LogP contribution is -2.53. The van der Waals surface area contributed by atoms with Crippen molar-refractivity contribution in [1.82, 2.24) is 0 Å². The molecule has 104 valence electrons. The third-order valence-corrected chi connectivity index (χ3v) is 3.32. The number of carboxylic acids is 1. The number of rotatable bonds is 2. The molecule has 0 bridgehead atoms. The van der Waals surface area contributed by atoms with Crippen molar-refractivity contribution < 1.29 is 19.0 Å². The Morgan fingerprint density at radius 3 is 2.79 bits per heavy atom. The Balaban J connectivity index is 2.56. The van der Waals surface area contributed by atoms with Gasteiger partial charge in [0.05, 0.1) is 30.1 Å². The fourth-order valence-electron chi connectivity index (χ4n) is 2.34. The van der Waals surface area contributed by atoms with Crippen LogP contribution in [0.2, 0.25) is 0 Å². The number of halogens is 1. The van der Waals surface area contributed by atoms with Crippen LogP contribution in [0, 0.1) is 5.82 Å². The third kappa shape index (κ3) is 2.35. The topological polar surface area (TPSA) is 75.8 Å². The monoisotopic (exact) mass is 268 g/mol. The molecule has 0 radical (unpaired) electrons. The molecule has 1 heterocycles. The zero-order chi connectivity index (χ0) is 14.2. The average molecular weight is 268 g/mol. The highest BCUT2D eigenvalue weighted by atomic mass is 19.1. The first-order valence-electron chi connectivity index (χ1n) is 6.01. The molecule has 0 aromatic heterocycles. The van der Waals surface area contributed by atoms with Gasteiger partial charge < -0.3 is 20.5 Å². The molecule has 0 unspecified atom stereocenters. The summed E-state index contributed by atoms with van der Waals surface area (Å²) in [6, 6.07) is 2.66. The number of anilines is 2. The molecule has 1 saturated heterocycles. The van der Waals surface area contributed by atoms with Crippen LogP contribution in [0.3, 0.4) is 0 Å². The van der Waals surface area contributed by atoms with Crippen molar-refractivity contribution in [1.29, 1.82) is 0 Å². The Labute approximate surface area is 110 Å². The van der Waals surface area contributed by atoms with Crippen LogP contribution in [0.25, 0.3) is 0 Å².